The first-order valence-electron chi connectivity index (χ1n) is 3.63. The maximum Gasteiger partial charge on any atom is 0.0960 e. The van der Waals surface area contributed by atoms with E-state index in [-0.39, 0.29) is 0 Å². The monoisotopic (exact) mass is 221 g/mol. The third kappa shape index (κ3) is 3.65. The fraction of sp³-hybridized carbons (Fsp3) is 0.375. The van der Waals surface area contributed by atoms with Crippen LogP contribution in [0.2, 0.25) is 5.02 Å². The van der Waals surface area contributed by atoms with Crippen LogP contribution >= 0.6 is 35.0 Å². The largest absolute Gasteiger partial charge is 0.248 e. The van der Waals surface area contributed by atoms with E-state index in [2.05, 4.69) is 4.98 Å². The Labute approximate surface area is 86.5 Å². The molecule has 0 aliphatic carbocycles. The van der Waals surface area contributed by atoms with E-state index < -0.39 is 0 Å². The first-order valence-corrected chi connectivity index (χ1v) is 5.53. The predicted octanol–water partition coefficient (Wildman–Crippen LogP) is 3.46. The van der Waals surface area contributed by atoms with Gasteiger partial charge in [-0.05, 0) is 18.6 Å². The molecule has 0 radical (unpaired) electrons. The van der Waals surface area contributed by atoms with E-state index in [0.29, 0.717) is 10.9 Å². The lowest BCUT2D eigenvalue weighted by Gasteiger charge is -1.97. The van der Waals surface area contributed by atoms with E-state index in [0.717, 1.165) is 17.2 Å². The first-order chi connectivity index (χ1) is 5.83. The average Bonchev–Trinajstić information content (AvgIpc) is 2.09. The van der Waals surface area contributed by atoms with Crippen molar-refractivity contribution in [1.82, 2.24) is 4.98 Å². The standard InChI is InChI=1S/C8H9Cl2NS/c9-4-1-5-12-8-3-2-7(10)6-11-8/h2-3,6H,1,4-5H2. The normalized spacial score (nSPS) is 10.2. The van der Waals surface area contributed by atoms with Gasteiger partial charge in [-0.1, -0.05) is 11.6 Å². The number of halogens is 2. The molecule has 0 spiro atoms. The lowest BCUT2D eigenvalue weighted by molar-refractivity contribution is 1.09. The van der Waals surface area contributed by atoms with Crippen LogP contribution in [-0.4, -0.2) is 16.6 Å². The highest BCUT2D eigenvalue weighted by atomic mass is 35.5. The molecular weight excluding hydrogens is 213 g/mol. The smallest absolute Gasteiger partial charge is 0.0960 e. The number of hydrogen-bond acceptors (Lipinski definition) is 2. The predicted molar refractivity (Wildman–Crippen MR) is 55.3 cm³/mol. The molecule has 0 unspecified atom stereocenters. The lowest BCUT2D eigenvalue weighted by atomic mass is 10.5. The topological polar surface area (TPSA) is 12.9 Å². The Balaban J connectivity index is 2.37. The summed E-state index contributed by atoms with van der Waals surface area (Å²) in [5.41, 5.74) is 0. The Hall–Kier alpha value is 0.0800. The molecule has 1 aromatic rings. The van der Waals surface area contributed by atoms with E-state index in [1.54, 1.807) is 18.0 Å². The molecule has 1 heterocycles. The van der Waals surface area contributed by atoms with Crippen LogP contribution in [0.1, 0.15) is 6.42 Å². The molecule has 66 valence electrons. The van der Waals surface area contributed by atoms with Crippen molar-refractivity contribution in [2.24, 2.45) is 0 Å². The summed E-state index contributed by atoms with van der Waals surface area (Å²) in [6.07, 6.45) is 2.67. The van der Waals surface area contributed by atoms with Crippen LogP contribution in [-0.2, 0) is 0 Å². The van der Waals surface area contributed by atoms with Crippen molar-refractivity contribution in [2.75, 3.05) is 11.6 Å². The van der Waals surface area contributed by atoms with Gasteiger partial charge in [0.1, 0.15) is 0 Å². The van der Waals surface area contributed by atoms with E-state index in [1.807, 2.05) is 12.1 Å². The number of pyridine rings is 1. The van der Waals surface area contributed by atoms with Crippen LogP contribution in [0.15, 0.2) is 23.4 Å². The maximum atomic E-state index is 5.68. The Bertz CT molecular complexity index is 225. The van der Waals surface area contributed by atoms with Crippen LogP contribution < -0.4 is 0 Å². The second-order valence-electron chi connectivity index (χ2n) is 2.21. The van der Waals surface area contributed by atoms with Crippen molar-refractivity contribution in [3.05, 3.63) is 23.4 Å². The Morgan fingerprint density at radius 2 is 2.25 bits per heavy atom. The summed E-state index contributed by atoms with van der Waals surface area (Å²) in [6, 6.07) is 3.76. The molecule has 0 aliphatic rings. The summed E-state index contributed by atoms with van der Waals surface area (Å²) in [5, 5.41) is 1.68. The summed E-state index contributed by atoms with van der Waals surface area (Å²) >= 11 is 12.9. The van der Waals surface area contributed by atoms with Gasteiger partial charge in [-0.2, -0.15) is 0 Å². The van der Waals surface area contributed by atoms with Crippen molar-refractivity contribution >= 4 is 35.0 Å². The van der Waals surface area contributed by atoms with Gasteiger partial charge in [-0.25, -0.2) is 4.98 Å². The number of aromatic nitrogens is 1. The van der Waals surface area contributed by atoms with Gasteiger partial charge in [-0.15, -0.1) is 23.4 Å². The summed E-state index contributed by atoms with van der Waals surface area (Å²) in [6.45, 7) is 0. The van der Waals surface area contributed by atoms with E-state index in [4.69, 9.17) is 23.2 Å². The third-order valence-electron chi connectivity index (χ3n) is 1.23. The fourth-order valence-corrected chi connectivity index (χ4v) is 1.87. The summed E-state index contributed by atoms with van der Waals surface area (Å²) in [5.74, 6) is 1.72. The van der Waals surface area contributed by atoms with E-state index in [1.165, 1.54) is 0 Å². The maximum absolute atomic E-state index is 5.68. The lowest BCUT2D eigenvalue weighted by Crippen LogP contribution is -1.83. The first kappa shape index (κ1) is 10.2. The van der Waals surface area contributed by atoms with Gasteiger partial charge in [0.05, 0.1) is 10.0 Å². The molecule has 1 nitrogen and oxygen atoms in total. The molecule has 4 heteroatoms. The molecule has 12 heavy (non-hydrogen) atoms. The fourth-order valence-electron chi connectivity index (χ4n) is 0.679. The van der Waals surface area contributed by atoms with Gasteiger partial charge in [-0.3, -0.25) is 0 Å². The Kier molecular flexibility index (Phi) is 4.81. The Morgan fingerprint density at radius 3 is 2.83 bits per heavy atom. The van der Waals surface area contributed by atoms with Crippen LogP contribution in [0.5, 0.6) is 0 Å². The van der Waals surface area contributed by atoms with Gasteiger partial charge in [0.25, 0.3) is 0 Å². The SMILES string of the molecule is ClCCCSc1ccc(Cl)cn1. The van der Waals surface area contributed by atoms with Crippen LogP contribution in [0.4, 0.5) is 0 Å². The molecule has 0 bridgehead atoms. The highest BCUT2D eigenvalue weighted by Gasteiger charge is 1.94. The van der Waals surface area contributed by atoms with Crippen molar-refractivity contribution < 1.29 is 0 Å². The second kappa shape index (κ2) is 5.68. The third-order valence-corrected chi connectivity index (χ3v) is 2.75. The molecule has 0 aliphatic heterocycles. The van der Waals surface area contributed by atoms with Gasteiger partial charge >= 0.3 is 0 Å². The van der Waals surface area contributed by atoms with Crippen LogP contribution in [0.3, 0.4) is 0 Å². The van der Waals surface area contributed by atoms with E-state index >= 15 is 0 Å². The number of hydrogen-bond donors (Lipinski definition) is 0. The number of rotatable bonds is 4. The number of thioether (sulfide) groups is 1. The molecule has 0 aromatic carbocycles. The van der Waals surface area contributed by atoms with Gasteiger partial charge in [0.2, 0.25) is 0 Å². The van der Waals surface area contributed by atoms with Crippen LogP contribution in [0.25, 0.3) is 0 Å². The molecule has 0 N–H and O–H groups in total. The molecule has 0 amide bonds. The minimum absolute atomic E-state index is 0.677. The van der Waals surface area contributed by atoms with Crippen molar-refractivity contribution in [3.63, 3.8) is 0 Å². The van der Waals surface area contributed by atoms with Crippen molar-refractivity contribution in [3.8, 4) is 0 Å². The zero-order valence-corrected chi connectivity index (χ0v) is 8.79. The molecule has 1 aromatic heterocycles. The Morgan fingerprint density at radius 1 is 1.42 bits per heavy atom. The molecule has 0 atom stereocenters. The molecule has 1 rings (SSSR count). The summed E-state index contributed by atoms with van der Waals surface area (Å²) in [7, 11) is 0. The highest BCUT2D eigenvalue weighted by Crippen LogP contribution is 2.17. The summed E-state index contributed by atoms with van der Waals surface area (Å²) < 4.78 is 0. The van der Waals surface area contributed by atoms with Gasteiger partial charge in [0.15, 0.2) is 0 Å². The minimum atomic E-state index is 0.677. The minimum Gasteiger partial charge on any atom is -0.248 e. The zero-order chi connectivity index (χ0) is 8.81. The summed E-state index contributed by atoms with van der Waals surface area (Å²) in [4.78, 5) is 4.14. The van der Waals surface area contributed by atoms with Crippen molar-refractivity contribution in [1.29, 1.82) is 0 Å². The quantitative estimate of drug-likeness (QED) is 0.439. The number of alkyl halides is 1. The molecule has 0 saturated heterocycles. The molecular formula is C8H9Cl2NS. The molecule has 0 fully saturated rings. The number of nitrogens with zero attached hydrogens (tertiary/aromatic N) is 1. The van der Waals surface area contributed by atoms with Gasteiger partial charge in [0, 0.05) is 17.8 Å². The molecule has 0 saturated carbocycles. The van der Waals surface area contributed by atoms with E-state index in [9.17, 15) is 0 Å². The van der Waals surface area contributed by atoms with Gasteiger partial charge < -0.3 is 0 Å². The highest BCUT2D eigenvalue weighted by molar-refractivity contribution is 7.99. The average molecular weight is 222 g/mol. The van der Waals surface area contributed by atoms with Crippen LogP contribution in [0, 0.1) is 0 Å². The van der Waals surface area contributed by atoms with Crippen molar-refractivity contribution in [2.45, 2.75) is 11.4 Å². The zero-order valence-electron chi connectivity index (χ0n) is 6.46. The second-order valence-corrected chi connectivity index (χ2v) is 4.14.